The summed E-state index contributed by atoms with van der Waals surface area (Å²) in [4.78, 5) is 23.4. The van der Waals surface area contributed by atoms with E-state index in [4.69, 9.17) is 5.11 Å². The third-order valence-electron chi connectivity index (χ3n) is 4.13. The number of amides is 1. The number of carboxylic acids is 1. The maximum Gasteiger partial charge on any atom is 0.305 e. The van der Waals surface area contributed by atoms with Gasteiger partial charge in [-0.3, -0.25) is 9.59 Å². The lowest BCUT2D eigenvalue weighted by Gasteiger charge is -2.34. The molecule has 0 spiro atoms. The third kappa shape index (κ3) is 3.93. The van der Waals surface area contributed by atoms with Gasteiger partial charge in [0.1, 0.15) is 0 Å². The monoisotopic (exact) mass is 270 g/mol. The van der Waals surface area contributed by atoms with Crippen molar-refractivity contribution < 1.29 is 14.7 Å². The zero-order chi connectivity index (χ0) is 14.7. The van der Waals surface area contributed by atoms with Gasteiger partial charge in [0.2, 0.25) is 5.91 Å². The minimum atomic E-state index is -0.879. The van der Waals surface area contributed by atoms with Gasteiger partial charge < -0.3 is 15.7 Å². The van der Waals surface area contributed by atoms with E-state index in [-0.39, 0.29) is 29.2 Å². The van der Waals surface area contributed by atoms with Crippen molar-refractivity contribution in [2.45, 2.75) is 53.0 Å². The first-order valence-electron chi connectivity index (χ1n) is 6.95. The summed E-state index contributed by atoms with van der Waals surface area (Å²) in [6.45, 7) is 9.39. The molecule has 0 aromatic carbocycles. The maximum absolute atomic E-state index is 12.5. The number of carbonyl (C=O) groups excluding carboxylic acids is 1. The Hall–Kier alpha value is -1.10. The third-order valence-corrected chi connectivity index (χ3v) is 4.13. The van der Waals surface area contributed by atoms with E-state index in [1.165, 1.54) is 0 Å². The summed E-state index contributed by atoms with van der Waals surface area (Å²) in [6.07, 6.45) is 1.55. The Morgan fingerprint density at radius 1 is 1.42 bits per heavy atom. The van der Waals surface area contributed by atoms with E-state index in [2.05, 4.69) is 10.6 Å². The Bertz CT molecular complexity index is 341. The van der Waals surface area contributed by atoms with Crippen LogP contribution in [0.3, 0.4) is 0 Å². The van der Waals surface area contributed by atoms with Gasteiger partial charge in [-0.2, -0.15) is 0 Å². The second-order valence-corrected chi connectivity index (χ2v) is 6.55. The van der Waals surface area contributed by atoms with Crippen molar-refractivity contribution in [3.8, 4) is 0 Å². The molecule has 1 aliphatic heterocycles. The van der Waals surface area contributed by atoms with E-state index >= 15 is 0 Å². The Balaban J connectivity index is 2.78. The lowest BCUT2D eigenvalue weighted by Crippen LogP contribution is -2.51. The van der Waals surface area contributed by atoms with Gasteiger partial charge in [-0.15, -0.1) is 0 Å². The molecule has 5 nitrogen and oxygen atoms in total. The molecule has 1 amide bonds. The number of nitrogens with one attached hydrogen (secondary N) is 2. The van der Waals surface area contributed by atoms with Crippen LogP contribution in [0.4, 0.5) is 0 Å². The van der Waals surface area contributed by atoms with Crippen LogP contribution < -0.4 is 10.6 Å². The highest BCUT2D eigenvalue weighted by atomic mass is 16.4. The van der Waals surface area contributed by atoms with Crippen LogP contribution in [-0.2, 0) is 9.59 Å². The highest BCUT2D eigenvalue weighted by Gasteiger charge is 2.41. The molecule has 3 N–H and O–H groups in total. The first-order valence-corrected chi connectivity index (χ1v) is 6.95. The van der Waals surface area contributed by atoms with Gasteiger partial charge in [0, 0.05) is 12.6 Å². The summed E-state index contributed by atoms with van der Waals surface area (Å²) in [7, 11) is 0. The lowest BCUT2D eigenvalue weighted by molar-refractivity contribution is -0.139. The number of carbonyl (C=O) groups is 2. The summed E-state index contributed by atoms with van der Waals surface area (Å²) in [5.74, 6) is -0.892. The van der Waals surface area contributed by atoms with Crippen LogP contribution in [0.2, 0.25) is 0 Å². The van der Waals surface area contributed by atoms with E-state index in [1.54, 1.807) is 0 Å². The standard InChI is InChI=1S/C14H26N2O3/c1-5-14(6-7-15-9-14)12(19)16-10(8-11(17)18)13(2,3)4/h10,15H,5-9H2,1-4H3,(H,16,19)(H,17,18). The molecule has 0 bridgehead atoms. The molecule has 0 aromatic rings. The number of aliphatic carboxylic acids is 1. The maximum atomic E-state index is 12.5. The van der Waals surface area contributed by atoms with E-state index in [0.29, 0.717) is 6.54 Å². The van der Waals surface area contributed by atoms with Gasteiger partial charge in [0.25, 0.3) is 0 Å². The van der Waals surface area contributed by atoms with Crippen molar-refractivity contribution in [1.29, 1.82) is 0 Å². The average molecular weight is 270 g/mol. The molecule has 0 radical (unpaired) electrons. The van der Waals surface area contributed by atoms with Crippen molar-refractivity contribution in [2.75, 3.05) is 13.1 Å². The first kappa shape index (κ1) is 16.0. The van der Waals surface area contributed by atoms with Crippen molar-refractivity contribution >= 4 is 11.9 Å². The van der Waals surface area contributed by atoms with E-state index < -0.39 is 5.97 Å². The first-order chi connectivity index (χ1) is 8.71. The highest BCUT2D eigenvalue weighted by molar-refractivity contribution is 5.84. The molecule has 0 saturated carbocycles. The predicted molar refractivity (Wildman–Crippen MR) is 73.8 cm³/mol. The van der Waals surface area contributed by atoms with Crippen molar-refractivity contribution in [1.82, 2.24) is 10.6 Å². The molecular formula is C14H26N2O3. The Morgan fingerprint density at radius 3 is 2.42 bits per heavy atom. The van der Waals surface area contributed by atoms with Crippen LogP contribution in [0.25, 0.3) is 0 Å². The van der Waals surface area contributed by atoms with Gasteiger partial charge in [0.05, 0.1) is 11.8 Å². The second-order valence-electron chi connectivity index (χ2n) is 6.55. The fraction of sp³-hybridized carbons (Fsp3) is 0.857. The number of rotatable bonds is 5. The second kappa shape index (κ2) is 5.90. The molecule has 0 aliphatic carbocycles. The zero-order valence-electron chi connectivity index (χ0n) is 12.4. The van der Waals surface area contributed by atoms with Gasteiger partial charge in [-0.05, 0) is 24.8 Å². The molecule has 1 saturated heterocycles. The van der Waals surface area contributed by atoms with Crippen molar-refractivity contribution in [3.05, 3.63) is 0 Å². The molecule has 5 heteroatoms. The molecular weight excluding hydrogens is 244 g/mol. The van der Waals surface area contributed by atoms with Crippen molar-refractivity contribution in [3.63, 3.8) is 0 Å². The number of carboxylic acid groups (broad SMARTS) is 1. The van der Waals surface area contributed by atoms with Gasteiger partial charge in [-0.1, -0.05) is 27.7 Å². The molecule has 1 fully saturated rings. The van der Waals surface area contributed by atoms with E-state index in [1.807, 2.05) is 27.7 Å². The predicted octanol–water partition coefficient (Wildman–Crippen LogP) is 1.38. The molecule has 2 unspecified atom stereocenters. The molecule has 2 atom stereocenters. The minimum Gasteiger partial charge on any atom is -0.481 e. The average Bonchev–Trinajstić information content (AvgIpc) is 2.75. The number of hydrogen-bond acceptors (Lipinski definition) is 3. The van der Waals surface area contributed by atoms with Crippen LogP contribution >= 0.6 is 0 Å². The summed E-state index contributed by atoms with van der Waals surface area (Å²) in [6, 6.07) is -0.346. The summed E-state index contributed by atoms with van der Waals surface area (Å²) < 4.78 is 0. The van der Waals surface area contributed by atoms with Gasteiger partial charge in [0.15, 0.2) is 0 Å². The highest BCUT2D eigenvalue weighted by Crippen LogP contribution is 2.31. The van der Waals surface area contributed by atoms with E-state index in [9.17, 15) is 9.59 Å². The topological polar surface area (TPSA) is 78.4 Å². The zero-order valence-corrected chi connectivity index (χ0v) is 12.4. The van der Waals surface area contributed by atoms with E-state index in [0.717, 1.165) is 19.4 Å². The smallest absolute Gasteiger partial charge is 0.305 e. The quantitative estimate of drug-likeness (QED) is 0.705. The molecule has 1 heterocycles. The van der Waals surface area contributed by atoms with Crippen LogP contribution in [-0.4, -0.2) is 36.1 Å². The van der Waals surface area contributed by atoms with Crippen LogP contribution in [0, 0.1) is 10.8 Å². The lowest BCUT2D eigenvalue weighted by atomic mass is 9.80. The van der Waals surface area contributed by atoms with Crippen LogP contribution in [0.5, 0.6) is 0 Å². The minimum absolute atomic E-state index is 0.0128. The Morgan fingerprint density at radius 2 is 2.05 bits per heavy atom. The molecule has 110 valence electrons. The largest absolute Gasteiger partial charge is 0.481 e. The van der Waals surface area contributed by atoms with Gasteiger partial charge >= 0.3 is 5.97 Å². The summed E-state index contributed by atoms with van der Waals surface area (Å²) in [5, 5.41) is 15.2. The summed E-state index contributed by atoms with van der Waals surface area (Å²) >= 11 is 0. The molecule has 19 heavy (non-hydrogen) atoms. The van der Waals surface area contributed by atoms with Gasteiger partial charge in [-0.25, -0.2) is 0 Å². The molecule has 1 aliphatic rings. The Labute approximate surface area is 115 Å². The van der Waals surface area contributed by atoms with Crippen LogP contribution in [0.15, 0.2) is 0 Å². The molecule has 1 rings (SSSR count). The van der Waals surface area contributed by atoms with Crippen molar-refractivity contribution in [2.24, 2.45) is 10.8 Å². The molecule has 0 aromatic heterocycles. The normalized spacial score (nSPS) is 25.1. The SMILES string of the molecule is CCC1(C(=O)NC(CC(=O)O)C(C)(C)C)CCNC1. The fourth-order valence-electron chi connectivity index (χ4n) is 2.46. The number of hydrogen-bond donors (Lipinski definition) is 3. The summed E-state index contributed by atoms with van der Waals surface area (Å²) in [5.41, 5.74) is -0.642. The van der Waals surface area contributed by atoms with Crippen LogP contribution in [0.1, 0.15) is 47.0 Å². The Kier molecular flexibility index (Phi) is 4.96. The fourth-order valence-corrected chi connectivity index (χ4v) is 2.46.